The molecule has 1 aliphatic rings. The second-order valence-electron chi connectivity index (χ2n) is 6.66. The second-order valence-corrected chi connectivity index (χ2v) is 6.66. The molecule has 0 unspecified atom stereocenters. The van der Waals surface area contributed by atoms with Gasteiger partial charge in [-0.1, -0.05) is 33.1 Å². The van der Waals surface area contributed by atoms with Crippen molar-refractivity contribution in [2.24, 2.45) is 11.8 Å². The van der Waals surface area contributed by atoms with Gasteiger partial charge in [-0.3, -0.25) is 9.59 Å². The van der Waals surface area contributed by atoms with Crippen LogP contribution in [0.3, 0.4) is 0 Å². The Morgan fingerprint density at radius 3 is 2.14 bits per heavy atom. The summed E-state index contributed by atoms with van der Waals surface area (Å²) < 4.78 is 0. The smallest absolute Gasteiger partial charge is 0.225 e. The summed E-state index contributed by atoms with van der Waals surface area (Å²) in [6.07, 6.45) is 9.04. The Morgan fingerprint density at radius 2 is 1.55 bits per heavy atom. The molecular formula is C18H34N2O2. The number of amides is 2. The van der Waals surface area contributed by atoms with E-state index in [9.17, 15) is 9.59 Å². The molecule has 0 radical (unpaired) electrons. The maximum atomic E-state index is 12.3. The minimum atomic E-state index is 0.117. The van der Waals surface area contributed by atoms with Crippen LogP contribution < -0.4 is 5.32 Å². The van der Waals surface area contributed by atoms with Crippen molar-refractivity contribution in [1.82, 2.24) is 10.2 Å². The summed E-state index contributed by atoms with van der Waals surface area (Å²) >= 11 is 0. The van der Waals surface area contributed by atoms with Crippen LogP contribution in [0.25, 0.3) is 0 Å². The van der Waals surface area contributed by atoms with E-state index in [2.05, 4.69) is 19.2 Å². The number of carbonyl (C=O) groups is 2. The van der Waals surface area contributed by atoms with Crippen LogP contribution in [-0.4, -0.2) is 36.9 Å². The summed E-state index contributed by atoms with van der Waals surface area (Å²) in [5, 5.41) is 3.05. The minimum Gasteiger partial charge on any atom is -0.356 e. The van der Waals surface area contributed by atoms with Crippen molar-refractivity contribution >= 4 is 11.8 Å². The highest BCUT2D eigenvalue weighted by molar-refractivity contribution is 5.81. The fraction of sp³-hybridized carbons (Fsp3) is 0.889. The van der Waals surface area contributed by atoms with E-state index >= 15 is 0 Å². The lowest BCUT2D eigenvalue weighted by atomic mass is 9.81. The fourth-order valence-corrected chi connectivity index (χ4v) is 3.15. The first-order chi connectivity index (χ1) is 10.6. The molecule has 1 rings (SSSR count). The van der Waals surface area contributed by atoms with Gasteiger partial charge in [0, 0.05) is 32.0 Å². The van der Waals surface area contributed by atoms with Gasteiger partial charge in [0.05, 0.1) is 0 Å². The number of hydrogen-bond donors (Lipinski definition) is 1. The van der Waals surface area contributed by atoms with Crippen molar-refractivity contribution in [3.63, 3.8) is 0 Å². The van der Waals surface area contributed by atoms with Crippen LogP contribution in [0.5, 0.6) is 0 Å². The molecule has 0 saturated heterocycles. The van der Waals surface area contributed by atoms with Crippen LogP contribution in [-0.2, 0) is 9.59 Å². The SMILES string of the molecule is CCCCCNC(=O)C1CCC(C(=O)N(C)CCCC)CC1. The van der Waals surface area contributed by atoms with Crippen LogP contribution in [0.15, 0.2) is 0 Å². The molecule has 128 valence electrons. The lowest BCUT2D eigenvalue weighted by Gasteiger charge is -2.30. The summed E-state index contributed by atoms with van der Waals surface area (Å²) in [5.74, 6) is 0.717. The zero-order valence-electron chi connectivity index (χ0n) is 14.7. The van der Waals surface area contributed by atoms with E-state index < -0.39 is 0 Å². The Morgan fingerprint density at radius 1 is 0.955 bits per heavy atom. The maximum absolute atomic E-state index is 12.3. The van der Waals surface area contributed by atoms with Crippen LogP contribution in [0.4, 0.5) is 0 Å². The van der Waals surface area contributed by atoms with Gasteiger partial charge in [-0.05, 0) is 38.5 Å². The topological polar surface area (TPSA) is 49.4 Å². The lowest BCUT2D eigenvalue weighted by Crippen LogP contribution is -2.38. The Bertz CT molecular complexity index is 336. The summed E-state index contributed by atoms with van der Waals surface area (Å²) in [6.45, 7) is 5.96. The zero-order chi connectivity index (χ0) is 16.4. The van der Waals surface area contributed by atoms with Crippen molar-refractivity contribution in [3.8, 4) is 0 Å². The molecular weight excluding hydrogens is 276 g/mol. The van der Waals surface area contributed by atoms with Crippen molar-refractivity contribution < 1.29 is 9.59 Å². The third-order valence-electron chi connectivity index (χ3n) is 4.75. The van der Waals surface area contributed by atoms with Crippen LogP contribution in [0.1, 0.15) is 71.6 Å². The van der Waals surface area contributed by atoms with E-state index in [1.54, 1.807) is 0 Å². The second kappa shape index (κ2) is 10.6. The molecule has 0 spiro atoms. The monoisotopic (exact) mass is 310 g/mol. The molecule has 0 aliphatic heterocycles. The quantitative estimate of drug-likeness (QED) is 0.664. The number of nitrogens with one attached hydrogen (secondary N) is 1. The third-order valence-corrected chi connectivity index (χ3v) is 4.75. The minimum absolute atomic E-state index is 0.117. The fourth-order valence-electron chi connectivity index (χ4n) is 3.15. The summed E-state index contributed by atoms with van der Waals surface area (Å²) in [5.41, 5.74) is 0. The number of rotatable bonds is 9. The molecule has 1 fully saturated rings. The molecule has 1 N–H and O–H groups in total. The van der Waals surface area contributed by atoms with E-state index in [0.717, 1.165) is 58.0 Å². The predicted molar refractivity (Wildman–Crippen MR) is 90.5 cm³/mol. The Kier molecular flexibility index (Phi) is 9.17. The van der Waals surface area contributed by atoms with Crippen LogP contribution in [0.2, 0.25) is 0 Å². The van der Waals surface area contributed by atoms with E-state index in [1.807, 2.05) is 11.9 Å². The van der Waals surface area contributed by atoms with Crippen molar-refractivity contribution in [2.45, 2.75) is 71.6 Å². The number of hydrogen-bond acceptors (Lipinski definition) is 2. The predicted octanol–water partition coefficient (Wildman–Crippen LogP) is 3.36. The van der Waals surface area contributed by atoms with Gasteiger partial charge in [-0.15, -0.1) is 0 Å². The number of nitrogens with zero attached hydrogens (tertiary/aromatic N) is 1. The van der Waals surface area contributed by atoms with Crippen LogP contribution >= 0.6 is 0 Å². The molecule has 0 aromatic carbocycles. The first-order valence-corrected chi connectivity index (χ1v) is 9.12. The zero-order valence-corrected chi connectivity index (χ0v) is 14.7. The molecule has 1 aliphatic carbocycles. The van der Waals surface area contributed by atoms with E-state index in [1.165, 1.54) is 12.8 Å². The Labute approximate surface area is 136 Å². The molecule has 1 saturated carbocycles. The van der Waals surface area contributed by atoms with Crippen molar-refractivity contribution in [3.05, 3.63) is 0 Å². The van der Waals surface area contributed by atoms with E-state index in [-0.39, 0.29) is 23.7 Å². The van der Waals surface area contributed by atoms with Gasteiger partial charge in [-0.2, -0.15) is 0 Å². The Balaban J connectivity index is 2.27. The molecule has 4 heteroatoms. The highest BCUT2D eigenvalue weighted by Crippen LogP contribution is 2.30. The molecule has 2 amide bonds. The molecule has 0 aromatic rings. The first-order valence-electron chi connectivity index (χ1n) is 9.12. The average Bonchev–Trinajstić information content (AvgIpc) is 2.55. The van der Waals surface area contributed by atoms with Gasteiger partial charge in [0.2, 0.25) is 11.8 Å². The standard InChI is InChI=1S/C18H34N2O2/c1-4-6-8-13-19-17(21)15-9-11-16(12-10-15)18(22)20(3)14-7-5-2/h15-16H,4-14H2,1-3H3,(H,19,21). The molecule has 4 nitrogen and oxygen atoms in total. The summed E-state index contributed by atoms with van der Waals surface area (Å²) in [4.78, 5) is 26.3. The van der Waals surface area contributed by atoms with Gasteiger partial charge in [-0.25, -0.2) is 0 Å². The van der Waals surface area contributed by atoms with Gasteiger partial charge < -0.3 is 10.2 Å². The van der Waals surface area contributed by atoms with Gasteiger partial charge in [0.25, 0.3) is 0 Å². The molecule has 22 heavy (non-hydrogen) atoms. The molecule has 0 heterocycles. The highest BCUT2D eigenvalue weighted by atomic mass is 16.2. The van der Waals surface area contributed by atoms with Gasteiger partial charge in [0.1, 0.15) is 0 Å². The Hall–Kier alpha value is -1.06. The maximum Gasteiger partial charge on any atom is 0.225 e. The normalized spacial score (nSPS) is 21.4. The summed E-state index contributed by atoms with van der Waals surface area (Å²) in [6, 6.07) is 0. The average molecular weight is 310 g/mol. The van der Waals surface area contributed by atoms with Crippen molar-refractivity contribution in [2.75, 3.05) is 20.1 Å². The highest BCUT2D eigenvalue weighted by Gasteiger charge is 2.30. The summed E-state index contributed by atoms with van der Waals surface area (Å²) in [7, 11) is 1.91. The first kappa shape index (κ1) is 19.0. The van der Waals surface area contributed by atoms with E-state index in [4.69, 9.17) is 0 Å². The van der Waals surface area contributed by atoms with Gasteiger partial charge >= 0.3 is 0 Å². The molecule has 0 aromatic heterocycles. The van der Waals surface area contributed by atoms with Crippen molar-refractivity contribution in [1.29, 1.82) is 0 Å². The number of carbonyl (C=O) groups excluding carboxylic acids is 2. The molecule has 0 atom stereocenters. The van der Waals surface area contributed by atoms with Crippen LogP contribution in [0, 0.1) is 11.8 Å². The van der Waals surface area contributed by atoms with E-state index in [0.29, 0.717) is 0 Å². The largest absolute Gasteiger partial charge is 0.356 e. The van der Waals surface area contributed by atoms with Gasteiger partial charge in [0.15, 0.2) is 0 Å². The number of unbranched alkanes of at least 4 members (excludes halogenated alkanes) is 3. The third kappa shape index (κ3) is 6.37. The molecule has 0 bridgehead atoms. The lowest BCUT2D eigenvalue weighted by molar-refractivity contribution is -0.137.